The molecule has 0 radical (unpaired) electrons. The highest BCUT2D eigenvalue weighted by Gasteiger charge is 2.37. The van der Waals surface area contributed by atoms with Crippen LogP contribution in [0.4, 0.5) is 0 Å². The fraction of sp³-hybridized carbons (Fsp3) is 0.474. The van der Waals surface area contributed by atoms with E-state index in [9.17, 15) is 4.79 Å². The molecule has 1 amide bonds. The molecule has 1 saturated carbocycles. The zero-order valence-corrected chi connectivity index (χ0v) is 16.1. The molecular weight excluding hydrogens is 352 g/mol. The van der Waals surface area contributed by atoms with E-state index in [0.29, 0.717) is 6.54 Å². The summed E-state index contributed by atoms with van der Waals surface area (Å²) < 4.78 is 6.95. The van der Waals surface area contributed by atoms with Crippen LogP contribution in [0, 0.1) is 5.92 Å². The molecule has 3 N–H and O–H groups in total. The van der Waals surface area contributed by atoms with Gasteiger partial charge < -0.3 is 15.8 Å². The van der Waals surface area contributed by atoms with Gasteiger partial charge in [-0.05, 0) is 50.1 Å². The number of nitrogens with one attached hydrogen (secondary N) is 1. The van der Waals surface area contributed by atoms with E-state index < -0.39 is 5.54 Å². The Balaban J connectivity index is 0.00000243. The smallest absolute Gasteiger partial charge is 0.225 e. The van der Waals surface area contributed by atoms with Gasteiger partial charge in [-0.3, -0.25) is 4.79 Å². The van der Waals surface area contributed by atoms with Gasteiger partial charge in [-0.2, -0.15) is 5.10 Å². The topological polar surface area (TPSA) is 82.2 Å². The highest BCUT2D eigenvalue weighted by Crippen LogP contribution is 2.31. The van der Waals surface area contributed by atoms with Gasteiger partial charge >= 0.3 is 0 Å². The third kappa shape index (κ3) is 4.56. The van der Waals surface area contributed by atoms with Crippen LogP contribution in [0.1, 0.15) is 38.3 Å². The lowest BCUT2D eigenvalue weighted by atomic mass is 9.74. The maximum atomic E-state index is 12.5. The Labute approximate surface area is 160 Å². The largest absolute Gasteiger partial charge is 0.497 e. The average Bonchev–Trinajstić information content (AvgIpc) is 3.08. The summed E-state index contributed by atoms with van der Waals surface area (Å²) in [6.07, 6.45) is 5.81. The van der Waals surface area contributed by atoms with Gasteiger partial charge in [0.25, 0.3) is 0 Å². The van der Waals surface area contributed by atoms with Gasteiger partial charge in [-0.15, -0.1) is 12.4 Å². The van der Waals surface area contributed by atoms with Crippen LogP contribution in [0.2, 0.25) is 0 Å². The van der Waals surface area contributed by atoms with Crippen LogP contribution in [0.25, 0.3) is 5.69 Å². The Morgan fingerprint density at radius 3 is 2.73 bits per heavy atom. The number of nitrogens with two attached hydrogens (primary N) is 1. The van der Waals surface area contributed by atoms with Gasteiger partial charge in [0.2, 0.25) is 5.91 Å². The van der Waals surface area contributed by atoms with Crippen LogP contribution >= 0.6 is 12.4 Å². The molecule has 1 aliphatic carbocycles. The zero-order valence-electron chi connectivity index (χ0n) is 15.3. The number of methoxy groups -OCH3 is 1. The van der Waals surface area contributed by atoms with Gasteiger partial charge in [0.1, 0.15) is 5.75 Å². The summed E-state index contributed by atoms with van der Waals surface area (Å²) in [7, 11) is 1.64. The first-order valence-corrected chi connectivity index (χ1v) is 8.75. The maximum absolute atomic E-state index is 12.5. The summed E-state index contributed by atoms with van der Waals surface area (Å²) in [5.74, 6) is 0.717. The SMILES string of the molecule is COc1ccc(-n2ccc(CNC(=O)C3CCCCC3(C)N)n2)cc1.Cl. The van der Waals surface area contributed by atoms with Crippen molar-refractivity contribution >= 4 is 18.3 Å². The Bertz CT molecular complexity index is 727. The lowest BCUT2D eigenvalue weighted by Crippen LogP contribution is -2.52. The minimum atomic E-state index is -0.412. The minimum Gasteiger partial charge on any atom is -0.497 e. The van der Waals surface area contributed by atoms with E-state index in [4.69, 9.17) is 10.5 Å². The lowest BCUT2D eigenvalue weighted by Gasteiger charge is -2.37. The Morgan fingerprint density at radius 1 is 1.35 bits per heavy atom. The predicted molar refractivity (Wildman–Crippen MR) is 104 cm³/mol. The number of benzene rings is 1. The number of ether oxygens (including phenoxy) is 1. The van der Waals surface area contributed by atoms with E-state index in [2.05, 4.69) is 10.4 Å². The third-order valence-corrected chi connectivity index (χ3v) is 5.00. The van der Waals surface area contributed by atoms with E-state index >= 15 is 0 Å². The van der Waals surface area contributed by atoms with Crippen molar-refractivity contribution in [3.63, 3.8) is 0 Å². The monoisotopic (exact) mass is 378 g/mol. The van der Waals surface area contributed by atoms with Crippen molar-refractivity contribution in [2.45, 2.75) is 44.7 Å². The van der Waals surface area contributed by atoms with Crippen LogP contribution in [-0.2, 0) is 11.3 Å². The maximum Gasteiger partial charge on any atom is 0.225 e. The molecule has 2 unspecified atom stereocenters. The molecule has 3 rings (SSSR count). The van der Waals surface area contributed by atoms with Crippen LogP contribution < -0.4 is 15.8 Å². The van der Waals surface area contributed by atoms with Crippen molar-refractivity contribution in [1.82, 2.24) is 15.1 Å². The Morgan fingerprint density at radius 2 is 2.08 bits per heavy atom. The highest BCUT2D eigenvalue weighted by molar-refractivity contribution is 5.85. The molecule has 1 heterocycles. The molecule has 0 aliphatic heterocycles. The van der Waals surface area contributed by atoms with Crippen molar-refractivity contribution < 1.29 is 9.53 Å². The van der Waals surface area contributed by atoms with Crippen LogP contribution in [-0.4, -0.2) is 28.3 Å². The number of carbonyl (C=O) groups is 1. The predicted octanol–water partition coefficient (Wildman–Crippen LogP) is 2.83. The quantitative estimate of drug-likeness (QED) is 0.838. The number of halogens is 1. The van der Waals surface area contributed by atoms with Crippen molar-refractivity contribution in [3.8, 4) is 11.4 Å². The molecule has 142 valence electrons. The first kappa shape index (κ1) is 20.3. The van der Waals surface area contributed by atoms with Crippen LogP contribution in [0.5, 0.6) is 5.75 Å². The number of amides is 1. The third-order valence-electron chi connectivity index (χ3n) is 5.00. The van der Waals surface area contributed by atoms with Crippen molar-refractivity contribution in [1.29, 1.82) is 0 Å². The van der Waals surface area contributed by atoms with Crippen molar-refractivity contribution in [2.24, 2.45) is 11.7 Å². The second-order valence-electron chi connectivity index (χ2n) is 6.97. The summed E-state index contributed by atoms with van der Waals surface area (Å²) in [4.78, 5) is 12.5. The second-order valence-corrected chi connectivity index (χ2v) is 6.97. The number of hydrogen-bond acceptors (Lipinski definition) is 4. The Kier molecular flexibility index (Phi) is 6.67. The van der Waals surface area contributed by atoms with Crippen LogP contribution in [0.15, 0.2) is 36.5 Å². The molecule has 2 atom stereocenters. The van der Waals surface area contributed by atoms with E-state index in [1.165, 1.54) is 0 Å². The molecule has 0 bridgehead atoms. The van der Waals surface area contributed by atoms with Crippen molar-refractivity contribution in [2.75, 3.05) is 7.11 Å². The van der Waals surface area contributed by atoms with Gasteiger partial charge in [0.05, 0.1) is 31.0 Å². The fourth-order valence-electron chi connectivity index (χ4n) is 3.42. The first-order valence-electron chi connectivity index (χ1n) is 8.75. The van der Waals surface area contributed by atoms with Gasteiger partial charge in [-0.25, -0.2) is 4.68 Å². The van der Waals surface area contributed by atoms with Crippen molar-refractivity contribution in [3.05, 3.63) is 42.2 Å². The fourth-order valence-corrected chi connectivity index (χ4v) is 3.42. The molecule has 1 aromatic carbocycles. The number of hydrogen-bond donors (Lipinski definition) is 2. The first-order chi connectivity index (χ1) is 12.0. The minimum absolute atomic E-state index is 0. The summed E-state index contributed by atoms with van der Waals surface area (Å²) >= 11 is 0. The molecule has 26 heavy (non-hydrogen) atoms. The molecule has 1 aromatic heterocycles. The normalized spacial score (nSPS) is 22.3. The molecular formula is C19H27ClN4O2. The molecule has 1 aliphatic rings. The molecule has 0 saturated heterocycles. The van der Waals surface area contributed by atoms with Crippen LogP contribution in [0.3, 0.4) is 0 Å². The number of aromatic nitrogens is 2. The Hall–Kier alpha value is -2.05. The summed E-state index contributed by atoms with van der Waals surface area (Å²) in [5, 5.41) is 7.51. The van der Waals surface area contributed by atoms with E-state index in [0.717, 1.165) is 42.8 Å². The zero-order chi connectivity index (χ0) is 17.9. The highest BCUT2D eigenvalue weighted by atomic mass is 35.5. The van der Waals surface area contributed by atoms with E-state index in [1.807, 2.05) is 43.5 Å². The number of rotatable bonds is 5. The van der Waals surface area contributed by atoms with Gasteiger partial charge in [-0.1, -0.05) is 12.8 Å². The average molecular weight is 379 g/mol. The van der Waals surface area contributed by atoms with Gasteiger partial charge in [0, 0.05) is 11.7 Å². The molecule has 1 fully saturated rings. The van der Waals surface area contributed by atoms with E-state index in [-0.39, 0.29) is 24.2 Å². The molecule has 0 spiro atoms. The van der Waals surface area contributed by atoms with E-state index in [1.54, 1.807) is 11.8 Å². The summed E-state index contributed by atoms with van der Waals surface area (Å²) in [6, 6.07) is 9.58. The van der Waals surface area contributed by atoms with Gasteiger partial charge in [0.15, 0.2) is 0 Å². The molecule has 2 aromatic rings. The molecule has 7 heteroatoms. The summed E-state index contributed by atoms with van der Waals surface area (Å²) in [6.45, 7) is 2.39. The number of nitrogens with zero attached hydrogens (tertiary/aromatic N) is 2. The lowest BCUT2D eigenvalue weighted by molar-refractivity contribution is -0.128. The summed E-state index contributed by atoms with van der Waals surface area (Å²) in [5.41, 5.74) is 7.66. The molecule has 6 nitrogen and oxygen atoms in total. The number of carbonyl (C=O) groups excluding carboxylic acids is 1. The standard InChI is InChI=1S/C19H26N4O2.ClH/c1-19(20)11-4-3-5-17(19)18(24)21-13-14-10-12-23(22-14)15-6-8-16(25-2)9-7-15;/h6-10,12,17H,3-5,11,13,20H2,1-2H3,(H,21,24);1H. The second kappa shape index (κ2) is 8.56.